The molecule has 2 fully saturated rings. The zero-order chi connectivity index (χ0) is 12.8. The summed E-state index contributed by atoms with van der Waals surface area (Å²) >= 11 is 0. The van der Waals surface area contributed by atoms with Gasteiger partial charge in [-0.1, -0.05) is 5.16 Å². The normalized spacial score (nSPS) is 22.4. The third-order valence-corrected chi connectivity index (χ3v) is 4.09. The Morgan fingerprint density at radius 1 is 1.37 bits per heavy atom. The quantitative estimate of drug-likeness (QED) is 0.837. The summed E-state index contributed by atoms with van der Waals surface area (Å²) in [5.74, 6) is 2.20. The molecule has 1 saturated carbocycles. The Bertz CT molecular complexity index is 553. The minimum Gasteiger partial charge on any atom is -0.338 e. The molecule has 6 nitrogen and oxygen atoms in total. The molecule has 19 heavy (non-hydrogen) atoms. The fourth-order valence-corrected chi connectivity index (χ4v) is 2.55. The summed E-state index contributed by atoms with van der Waals surface area (Å²) in [7, 11) is 0. The van der Waals surface area contributed by atoms with Crippen LogP contribution in [0.3, 0.4) is 0 Å². The highest BCUT2D eigenvalue weighted by Crippen LogP contribution is 2.39. The van der Waals surface area contributed by atoms with Crippen molar-refractivity contribution in [3.8, 4) is 0 Å². The first-order chi connectivity index (χ1) is 9.31. The molecule has 3 heterocycles. The van der Waals surface area contributed by atoms with Crippen molar-refractivity contribution in [2.75, 3.05) is 13.1 Å². The SMILES string of the molecule is CC(c1nc(C2CC2)no1)N1CC(n2cccn2)C1. The van der Waals surface area contributed by atoms with Crippen LogP contribution in [0.1, 0.15) is 49.5 Å². The summed E-state index contributed by atoms with van der Waals surface area (Å²) in [6.07, 6.45) is 6.26. The van der Waals surface area contributed by atoms with Crippen molar-refractivity contribution in [1.82, 2.24) is 24.8 Å². The van der Waals surface area contributed by atoms with E-state index in [1.165, 1.54) is 12.8 Å². The molecular weight excluding hydrogens is 242 g/mol. The maximum atomic E-state index is 5.39. The molecule has 0 amide bonds. The lowest BCUT2D eigenvalue weighted by Gasteiger charge is -2.41. The van der Waals surface area contributed by atoms with Gasteiger partial charge in [0, 0.05) is 31.4 Å². The Morgan fingerprint density at radius 2 is 2.21 bits per heavy atom. The zero-order valence-electron chi connectivity index (χ0n) is 10.9. The van der Waals surface area contributed by atoms with E-state index in [1.807, 2.05) is 23.1 Å². The molecule has 6 heteroatoms. The van der Waals surface area contributed by atoms with Gasteiger partial charge in [0.25, 0.3) is 0 Å². The van der Waals surface area contributed by atoms with Crippen LogP contribution in [-0.4, -0.2) is 37.9 Å². The number of hydrogen-bond donors (Lipinski definition) is 0. The van der Waals surface area contributed by atoms with Crippen molar-refractivity contribution in [3.05, 3.63) is 30.2 Å². The fraction of sp³-hybridized carbons (Fsp3) is 0.615. The van der Waals surface area contributed by atoms with Crippen molar-refractivity contribution in [1.29, 1.82) is 0 Å². The molecule has 0 bridgehead atoms. The van der Waals surface area contributed by atoms with Gasteiger partial charge in [0.15, 0.2) is 5.82 Å². The van der Waals surface area contributed by atoms with Crippen LogP contribution in [0.2, 0.25) is 0 Å². The highest BCUT2D eigenvalue weighted by atomic mass is 16.5. The van der Waals surface area contributed by atoms with Gasteiger partial charge >= 0.3 is 0 Å². The average Bonchev–Trinajstić information content (AvgIpc) is 2.90. The first-order valence-corrected chi connectivity index (χ1v) is 6.88. The number of rotatable bonds is 4. The van der Waals surface area contributed by atoms with E-state index in [2.05, 4.69) is 27.1 Å². The standard InChI is InChI=1S/C13H17N5O/c1-9(13-15-12(16-19-13)10-3-4-10)17-7-11(8-17)18-6-2-5-14-18/h2,5-6,9-11H,3-4,7-8H2,1H3. The minimum atomic E-state index is 0.201. The summed E-state index contributed by atoms with van der Waals surface area (Å²) in [5.41, 5.74) is 0. The predicted molar refractivity (Wildman–Crippen MR) is 67.5 cm³/mol. The van der Waals surface area contributed by atoms with E-state index in [9.17, 15) is 0 Å². The second kappa shape index (κ2) is 4.16. The van der Waals surface area contributed by atoms with Gasteiger partial charge in [-0.05, 0) is 25.8 Å². The van der Waals surface area contributed by atoms with Crippen LogP contribution in [0.15, 0.2) is 23.0 Å². The summed E-state index contributed by atoms with van der Waals surface area (Å²) in [4.78, 5) is 6.86. The van der Waals surface area contributed by atoms with Crippen molar-refractivity contribution >= 4 is 0 Å². The van der Waals surface area contributed by atoms with E-state index in [1.54, 1.807) is 0 Å². The Balaban J connectivity index is 1.40. The third kappa shape index (κ3) is 1.96. The van der Waals surface area contributed by atoms with E-state index in [-0.39, 0.29) is 6.04 Å². The minimum absolute atomic E-state index is 0.201. The van der Waals surface area contributed by atoms with Crippen molar-refractivity contribution in [2.45, 2.75) is 37.8 Å². The molecule has 0 radical (unpaired) electrons. The van der Waals surface area contributed by atoms with Crippen LogP contribution in [0.25, 0.3) is 0 Å². The molecule has 0 spiro atoms. The topological polar surface area (TPSA) is 60.0 Å². The molecule has 1 saturated heterocycles. The third-order valence-electron chi connectivity index (χ3n) is 4.09. The lowest BCUT2D eigenvalue weighted by molar-refractivity contribution is 0.0456. The van der Waals surface area contributed by atoms with E-state index >= 15 is 0 Å². The van der Waals surface area contributed by atoms with Crippen LogP contribution in [0, 0.1) is 0 Å². The summed E-state index contributed by atoms with van der Waals surface area (Å²) in [6.45, 7) is 4.11. The first kappa shape index (κ1) is 11.2. The van der Waals surface area contributed by atoms with Crippen molar-refractivity contribution < 1.29 is 4.52 Å². The Morgan fingerprint density at radius 3 is 2.89 bits per heavy atom. The van der Waals surface area contributed by atoms with Gasteiger partial charge in [0.05, 0.1) is 12.1 Å². The van der Waals surface area contributed by atoms with Gasteiger partial charge < -0.3 is 4.52 Å². The van der Waals surface area contributed by atoms with Crippen molar-refractivity contribution in [2.24, 2.45) is 0 Å². The van der Waals surface area contributed by atoms with Gasteiger partial charge in [-0.15, -0.1) is 0 Å². The van der Waals surface area contributed by atoms with E-state index < -0.39 is 0 Å². The van der Waals surface area contributed by atoms with Gasteiger partial charge in [-0.25, -0.2) is 0 Å². The summed E-state index contributed by atoms with van der Waals surface area (Å²) in [5, 5.41) is 8.36. The first-order valence-electron chi connectivity index (χ1n) is 6.88. The highest BCUT2D eigenvalue weighted by molar-refractivity contribution is 5.05. The van der Waals surface area contributed by atoms with Crippen LogP contribution in [-0.2, 0) is 0 Å². The molecule has 2 aromatic heterocycles. The molecule has 2 aliphatic rings. The molecule has 4 rings (SSSR count). The van der Waals surface area contributed by atoms with E-state index in [4.69, 9.17) is 4.52 Å². The zero-order valence-corrected chi connectivity index (χ0v) is 10.9. The monoisotopic (exact) mass is 259 g/mol. The number of hydrogen-bond acceptors (Lipinski definition) is 5. The smallest absolute Gasteiger partial charge is 0.243 e. The molecule has 2 aromatic rings. The van der Waals surface area contributed by atoms with Gasteiger partial charge in [-0.3, -0.25) is 9.58 Å². The van der Waals surface area contributed by atoms with E-state index in [0.717, 1.165) is 24.8 Å². The van der Waals surface area contributed by atoms with Crippen LogP contribution in [0.5, 0.6) is 0 Å². The molecule has 1 aliphatic heterocycles. The number of aromatic nitrogens is 4. The molecule has 1 atom stereocenters. The molecular formula is C13H17N5O. The lowest BCUT2D eigenvalue weighted by atomic mass is 10.1. The fourth-order valence-electron chi connectivity index (χ4n) is 2.55. The van der Waals surface area contributed by atoms with Crippen molar-refractivity contribution in [3.63, 3.8) is 0 Å². The number of nitrogens with zero attached hydrogens (tertiary/aromatic N) is 5. The second-order valence-electron chi connectivity index (χ2n) is 5.53. The highest BCUT2D eigenvalue weighted by Gasteiger charge is 2.36. The summed E-state index contributed by atoms with van der Waals surface area (Å²) in [6, 6.07) is 2.64. The maximum absolute atomic E-state index is 5.39. The van der Waals surface area contributed by atoms with Crippen LogP contribution >= 0.6 is 0 Å². The largest absolute Gasteiger partial charge is 0.338 e. The molecule has 1 aliphatic carbocycles. The van der Waals surface area contributed by atoms with Gasteiger partial charge in [0.2, 0.25) is 5.89 Å². The second-order valence-corrected chi connectivity index (χ2v) is 5.53. The van der Waals surface area contributed by atoms with E-state index in [0.29, 0.717) is 12.0 Å². The Kier molecular flexibility index (Phi) is 2.44. The molecule has 0 N–H and O–H groups in total. The average molecular weight is 259 g/mol. The van der Waals surface area contributed by atoms with Gasteiger partial charge in [0.1, 0.15) is 0 Å². The Hall–Kier alpha value is -1.69. The molecule has 1 unspecified atom stereocenters. The molecule has 0 aromatic carbocycles. The Labute approximate surface area is 111 Å². The predicted octanol–water partition coefficient (Wildman–Crippen LogP) is 1.76. The maximum Gasteiger partial charge on any atom is 0.243 e. The summed E-state index contributed by atoms with van der Waals surface area (Å²) < 4.78 is 7.41. The van der Waals surface area contributed by atoms with Crippen LogP contribution in [0.4, 0.5) is 0 Å². The van der Waals surface area contributed by atoms with Crippen LogP contribution < -0.4 is 0 Å². The lowest BCUT2D eigenvalue weighted by Crippen LogP contribution is -2.48. The van der Waals surface area contributed by atoms with Gasteiger partial charge in [-0.2, -0.15) is 10.1 Å². The molecule has 100 valence electrons. The number of likely N-dealkylation sites (tertiary alicyclic amines) is 1.